The van der Waals surface area contributed by atoms with Crippen LogP contribution in [0.4, 0.5) is 0 Å². The number of aliphatic carboxylic acids is 1. The highest BCUT2D eigenvalue weighted by Crippen LogP contribution is 2.29. The molecule has 0 aromatic rings. The maximum absolute atomic E-state index is 11.5. The normalized spacial score (nSPS) is 25.2. The number of likely N-dealkylation sites (tertiary alicyclic amines) is 1. The van der Waals surface area contributed by atoms with Crippen molar-refractivity contribution in [1.82, 2.24) is 10.2 Å². The van der Waals surface area contributed by atoms with Gasteiger partial charge in [-0.3, -0.25) is 9.59 Å². The molecule has 5 nitrogen and oxygen atoms in total. The third-order valence-electron chi connectivity index (χ3n) is 3.17. The van der Waals surface area contributed by atoms with E-state index in [4.69, 9.17) is 5.11 Å². The van der Waals surface area contributed by atoms with Gasteiger partial charge in [-0.15, -0.1) is 0 Å². The number of amides is 1. The van der Waals surface area contributed by atoms with Crippen molar-refractivity contribution < 1.29 is 14.7 Å². The van der Waals surface area contributed by atoms with E-state index in [0.717, 1.165) is 6.54 Å². The SMILES string of the molecule is CC(C)NC(=O)CCN1CCC(C)(C(=O)O)C1. The lowest BCUT2D eigenvalue weighted by Gasteiger charge is -2.20. The summed E-state index contributed by atoms with van der Waals surface area (Å²) < 4.78 is 0. The molecule has 0 saturated carbocycles. The standard InChI is InChI=1S/C12H22N2O3/c1-9(2)13-10(15)4-6-14-7-5-12(3,8-14)11(16)17/h9H,4-8H2,1-3H3,(H,13,15)(H,16,17). The van der Waals surface area contributed by atoms with Crippen LogP contribution in [0.15, 0.2) is 0 Å². The molecule has 1 unspecified atom stereocenters. The lowest BCUT2D eigenvalue weighted by molar-refractivity contribution is -0.147. The highest BCUT2D eigenvalue weighted by molar-refractivity contribution is 5.76. The molecule has 1 fully saturated rings. The Morgan fingerprint density at radius 1 is 1.47 bits per heavy atom. The second-order valence-corrected chi connectivity index (χ2v) is 5.36. The van der Waals surface area contributed by atoms with Crippen LogP contribution >= 0.6 is 0 Å². The van der Waals surface area contributed by atoms with Crippen molar-refractivity contribution in [2.24, 2.45) is 5.41 Å². The maximum atomic E-state index is 11.5. The third kappa shape index (κ3) is 4.00. The van der Waals surface area contributed by atoms with E-state index < -0.39 is 11.4 Å². The van der Waals surface area contributed by atoms with Gasteiger partial charge in [-0.2, -0.15) is 0 Å². The van der Waals surface area contributed by atoms with Crippen LogP contribution in [0.25, 0.3) is 0 Å². The summed E-state index contributed by atoms with van der Waals surface area (Å²) in [5.41, 5.74) is -0.644. The number of carboxylic acids is 1. The summed E-state index contributed by atoms with van der Waals surface area (Å²) in [7, 11) is 0. The van der Waals surface area contributed by atoms with Crippen LogP contribution in [0.1, 0.15) is 33.6 Å². The zero-order valence-electron chi connectivity index (χ0n) is 10.8. The Kier molecular flexibility index (Phi) is 4.51. The number of rotatable bonds is 5. The Bertz CT molecular complexity index is 304. The molecule has 5 heteroatoms. The number of hydrogen-bond acceptors (Lipinski definition) is 3. The summed E-state index contributed by atoms with van der Waals surface area (Å²) in [5, 5.41) is 11.9. The molecular weight excluding hydrogens is 220 g/mol. The molecule has 1 atom stereocenters. The molecule has 0 aliphatic carbocycles. The summed E-state index contributed by atoms with van der Waals surface area (Å²) in [6, 6.07) is 0.158. The Labute approximate surface area is 102 Å². The third-order valence-corrected chi connectivity index (χ3v) is 3.17. The minimum Gasteiger partial charge on any atom is -0.481 e. The van der Waals surface area contributed by atoms with E-state index in [1.807, 2.05) is 18.7 Å². The predicted octanol–water partition coefficient (Wildman–Crippen LogP) is 0.698. The zero-order chi connectivity index (χ0) is 13.1. The molecular formula is C12H22N2O3. The molecule has 1 saturated heterocycles. The molecule has 1 aliphatic rings. The van der Waals surface area contributed by atoms with Crippen molar-refractivity contribution in [2.45, 2.75) is 39.7 Å². The molecule has 0 aromatic heterocycles. The molecule has 1 heterocycles. The molecule has 0 spiro atoms. The van der Waals surface area contributed by atoms with Crippen molar-refractivity contribution in [1.29, 1.82) is 0 Å². The first-order chi connectivity index (χ1) is 7.83. The Hall–Kier alpha value is -1.10. The smallest absolute Gasteiger partial charge is 0.310 e. The molecule has 0 bridgehead atoms. The van der Waals surface area contributed by atoms with Crippen molar-refractivity contribution >= 4 is 11.9 Å². The summed E-state index contributed by atoms with van der Waals surface area (Å²) in [6.07, 6.45) is 1.10. The van der Waals surface area contributed by atoms with Crippen LogP contribution in [0.5, 0.6) is 0 Å². The minimum atomic E-state index is -0.744. The summed E-state index contributed by atoms with van der Waals surface area (Å²) in [5.74, 6) is -0.712. The van der Waals surface area contributed by atoms with Gasteiger partial charge in [0.2, 0.25) is 5.91 Å². The Morgan fingerprint density at radius 3 is 2.59 bits per heavy atom. The van der Waals surface area contributed by atoms with E-state index in [1.54, 1.807) is 6.92 Å². The van der Waals surface area contributed by atoms with Gasteiger partial charge in [-0.05, 0) is 33.7 Å². The number of carboxylic acid groups (broad SMARTS) is 1. The second kappa shape index (κ2) is 5.49. The highest BCUT2D eigenvalue weighted by Gasteiger charge is 2.40. The molecule has 1 rings (SSSR count). The molecule has 17 heavy (non-hydrogen) atoms. The van der Waals surface area contributed by atoms with E-state index in [9.17, 15) is 9.59 Å². The fourth-order valence-electron chi connectivity index (χ4n) is 2.08. The average Bonchev–Trinajstić information content (AvgIpc) is 2.58. The van der Waals surface area contributed by atoms with Crippen LogP contribution in [-0.2, 0) is 9.59 Å². The largest absolute Gasteiger partial charge is 0.481 e. The number of nitrogens with one attached hydrogen (secondary N) is 1. The number of carbonyl (C=O) groups is 2. The van der Waals surface area contributed by atoms with Crippen molar-refractivity contribution in [3.8, 4) is 0 Å². The van der Waals surface area contributed by atoms with Crippen molar-refractivity contribution in [3.05, 3.63) is 0 Å². The minimum absolute atomic E-state index is 0.0314. The predicted molar refractivity (Wildman–Crippen MR) is 64.7 cm³/mol. The fraction of sp³-hybridized carbons (Fsp3) is 0.833. The lowest BCUT2D eigenvalue weighted by atomic mass is 9.90. The van der Waals surface area contributed by atoms with Crippen LogP contribution in [0, 0.1) is 5.41 Å². The van der Waals surface area contributed by atoms with Crippen LogP contribution in [0.2, 0.25) is 0 Å². The molecule has 0 radical (unpaired) electrons. The number of carbonyl (C=O) groups excluding carboxylic acids is 1. The summed E-state index contributed by atoms with van der Waals surface area (Å²) in [6.45, 7) is 7.56. The molecule has 2 N–H and O–H groups in total. The van der Waals surface area contributed by atoms with Gasteiger partial charge in [0.15, 0.2) is 0 Å². The van der Waals surface area contributed by atoms with Gasteiger partial charge < -0.3 is 15.3 Å². The van der Waals surface area contributed by atoms with Gasteiger partial charge in [0.25, 0.3) is 0 Å². The highest BCUT2D eigenvalue weighted by atomic mass is 16.4. The summed E-state index contributed by atoms with van der Waals surface area (Å²) in [4.78, 5) is 24.5. The monoisotopic (exact) mass is 242 g/mol. The number of hydrogen-bond donors (Lipinski definition) is 2. The van der Waals surface area contributed by atoms with Crippen LogP contribution in [-0.4, -0.2) is 47.6 Å². The average molecular weight is 242 g/mol. The van der Waals surface area contributed by atoms with Crippen LogP contribution < -0.4 is 5.32 Å². The van der Waals surface area contributed by atoms with Gasteiger partial charge in [-0.25, -0.2) is 0 Å². The Balaban J connectivity index is 2.31. The van der Waals surface area contributed by atoms with E-state index >= 15 is 0 Å². The molecule has 98 valence electrons. The van der Waals surface area contributed by atoms with E-state index in [2.05, 4.69) is 5.32 Å². The zero-order valence-corrected chi connectivity index (χ0v) is 10.8. The number of nitrogens with zero attached hydrogens (tertiary/aromatic N) is 1. The molecule has 1 amide bonds. The second-order valence-electron chi connectivity index (χ2n) is 5.36. The Morgan fingerprint density at radius 2 is 2.12 bits per heavy atom. The van der Waals surface area contributed by atoms with Gasteiger partial charge in [0, 0.05) is 25.6 Å². The maximum Gasteiger partial charge on any atom is 0.310 e. The van der Waals surface area contributed by atoms with Gasteiger partial charge >= 0.3 is 5.97 Å². The van der Waals surface area contributed by atoms with E-state index in [0.29, 0.717) is 25.9 Å². The van der Waals surface area contributed by atoms with E-state index in [-0.39, 0.29) is 11.9 Å². The fourth-order valence-corrected chi connectivity index (χ4v) is 2.08. The first-order valence-electron chi connectivity index (χ1n) is 6.08. The van der Waals surface area contributed by atoms with Crippen molar-refractivity contribution in [3.63, 3.8) is 0 Å². The topological polar surface area (TPSA) is 69.6 Å². The van der Waals surface area contributed by atoms with Gasteiger partial charge in [0.1, 0.15) is 0 Å². The van der Waals surface area contributed by atoms with Gasteiger partial charge in [-0.1, -0.05) is 0 Å². The molecule has 1 aliphatic heterocycles. The first kappa shape index (κ1) is 14.0. The summed E-state index contributed by atoms with van der Waals surface area (Å²) >= 11 is 0. The van der Waals surface area contributed by atoms with E-state index in [1.165, 1.54) is 0 Å². The van der Waals surface area contributed by atoms with Crippen molar-refractivity contribution in [2.75, 3.05) is 19.6 Å². The molecule has 0 aromatic carbocycles. The quantitative estimate of drug-likeness (QED) is 0.744. The van der Waals surface area contributed by atoms with Gasteiger partial charge in [0.05, 0.1) is 5.41 Å². The first-order valence-corrected chi connectivity index (χ1v) is 6.08. The lowest BCUT2D eigenvalue weighted by Crippen LogP contribution is -2.35. The van der Waals surface area contributed by atoms with Crippen LogP contribution in [0.3, 0.4) is 0 Å².